The molecule has 0 heterocycles. The van der Waals surface area contributed by atoms with Crippen molar-refractivity contribution in [3.8, 4) is 11.1 Å². The van der Waals surface area contributed by atoms with Crippen LogP contribution in [0.4, 0.5) is 18.9 Å². The molecule has 2 aromatic rings. The Balaban J connectivity index is 2.31. The van der Waals surface area contributed by atoms with Crippen molar-refractivity contribution in [1.29, 1.82) is 5.41 Å². The van der Waals surface area contributed by atoms with E-state index in [0.29, 0.717) is 35.5 Å². The molecular formula is C22H27F3N4O3S. The van der Waals surface area contributed by atoms with Gasteiger partial charge in [-0.05, 0) is 54.7 Å². The van der Waals surface area contributed by atoms with Crippen LogP contribution >= 0.6 is 0 Å². The van der Waals surface area contributed by atoms with Crippen molar-refractivity contribution >= 4 is 21.4 Å². The SMILES string of the molecule is CNS(=O)(=O)CCNc1ccc(-c2ccc(C(F)(F)F)cc2)cc1C(=N)/C=C\NCCOC. The molecule has 2 rings (SSSR count). The van der Waals surface area contributed by atoms with Crippen LogP contribution in [-0.2, 0) is 20.9 Å². The summed E-state index contributed by atoms with van der Waals surface area (Å²) in [5.41, 5.74) is 1.57. The number of halogens is 3. The minimum atomic E-state index is -4.42. The predicted molar refractivity (Wildman–Crippen MR) is 124 cm³/mol. The Kier molecular flexibility index (Phi) is 9.44. The number of anilines is 1. The van der Waals surface area contributed by atoms with E-state index in [4.69, 9.17) is 10.1 Å². The number of ether oxygens (including phenoxy) is 1. The van der Waals surface area contributed by atoms with Gasteiger partial charge in [-0.1, -0.05) is 18.2 Å². The summed E-state index contributed by atoms with van der Waals surface area (Å²) in [5.74, 6) is -0.161. The highest BCUT2D eigenvalue weighted by Crippen LogP contribution is 2.32. The van der Waals surface area contributed by atoms with E-state index >= 15 is 0 Å². The summed E-state index contributed by atoms with van der Waals surface area (Å²) in [4.78, 5) is 0. The third kappa shape index (κ3) is 8.19. The first-order chi connectivity index (χ1) is 15.6. The highest BCUT2D eigenvalue weighted by atomic mass is 32.2. The van der Waals surface area contributed by atoms with Crippen molar-refractivity contribution < 1.29 is 26.3 Å². The summed E-state index contributed by atoms with van der Waals surface area (Å²) in [5, 5.41) is 14.4. The number of hydrogen-bond acceptors (Lipinski definition) is 6. The van der Waals surface area contributed by atoms with Gasteiger partial charge in [-0.3, -0.25) is 0 Å². The molecule has 0 bridgehead atoms. The monoisotopic (exact) mass is 484 g/mol. The molecule has 0 radical (unpaired) electrons. The van der Waals surface area contributed by atoms with Gasteiger partial charge in [0.1, 0.15) is 0 Å². The predicted octanol–water partition coefficient (Wildman–Crippen LogP) is 3.45. The van der Waals surface area contributed by atoms with Gasteiger partial charge >= 0.3 is 6.18 Å². The number of benzene rings is 2. The first-order valence-corrected chi connectivity index (χ1v) is 11.7. The molecule has 0 spiro atoms. The van der Waals surface area contributed by atoms with Crippen molar-refractivity contribution in [2.45, 2.75) is 6.18 Å². The number of allylic oxidation sites excluding steroid dienone is 1. The van der Waals surface area contributed by atoms with Crippen LogP contribution in [0.2, 0.25) is 0 Å². The van der Waals surface area contributed by atoms with Crippen molar-refractivity contribution in [2.24, 2.45) is 0 Å². The first kappa shape index (κ1) is 26.4. The van der Waals surface area contributed by atoms with Crippen molar-refractivity contribution in [2.75, 3.05) is 44.9 Å². The molecule has 0 saturated heterocycles. The lowest BCUT2D eigenvalue weighted by atomic mass is 9.98. The molecule has 2 aromatic carbocycles. The van der Waals surface area contributed by atoms with E-state index < -0.39 is 21.8 Å². The molecule has 0 saturated carbocycles. The zero-order valence-electron chi connectivity index (χ0n) is 18.3. The van der Waals surface area contributed by atoms with Crippen molar-refractivity contribution in [3.05, 3.63) is 65.9 Å². The quantitative estimate of drug-likeness (QED) is 0.273. The maximum atomic E-state index is 12.9. The highest BCUT2D eigenvalue weighted by molar-refractivity contribution is 7.89. The van der Waals surface area contributed by atoms with Crippen LogP contribution in [0, 0.1) is 5.41 Å². The molecule has 4 N–H and O–H groups in total. The largest absolute Gasteiger partial charge is 0.416 e. The maximum Gasteiger partial charge on any atom is 0.416 e. The fourth-order valence-electron chi connectivity index (χ4n) is 2.85. The van der Waals surface area contributed by atoms with E-state index in [1.165, 1.54) is 25.3 Å². The number of hydrogen-bond donors (Lipinski definition) is 4. The summed E-state index contributed by atoms with van der Waals surface area (Å²) in [6.45, 7) is 1.16. The lowest BCUT2D eigenvalue weighted by molar-refractivity contribution is -0.137. The van der Waals surface area contributed by atoms with Gasteiger partial charge in [0.25, 0.3) is 0 Å². The summed E-state index contributed by atoms with van der Waals surface area (Å²) in [7, 11) is -0.501. The van der Waals surface area contributed by atoms with Gasteiger partial charge in [-0.25, -0.2) is 13.1 Å². The third-order valence-electron chi connectivity index (χ3n) is 4.67. The molecule has 33 heavy (non-hydrogen) atoms. The first-order valence-electron chi connectivity index (χ1n) is 10.0. The second-order valence-corrected chi connectivity index (χ2v) is 9.03. The topological polar surface area (TPSA) is 103 Å². The van der Waals surface area contributed by atoms with Gasteiger partial charge < -0.3 is 20.8 Å². The molecule has 0 aliphatic heterocycles. The Morgan fingerprint density at radius 3 is 2.36 bits per heavy atom. The zero-order valence-corrected chi connectivity index (χ0v) is 19.1. The van der Waals surface area contributed by atoms with Gasteiger partial charge in [-0.15, -0.1) is 0 Å². The highest BCUT2D eigenvalue weighted by Gasteiger charge is 2.30. The molecule has 0 amide bonds. The van der Waals surface area contributed by atoms with Crippen LogP contribution in [0.3, 0.4) is 0 Å². The molecular weight excluding hydrogens is 457 g/mol. The molecule has 0 aliphatic carbocycles. The van der Waals surface area contributed by atoms with E-state index in [-0.39, 0.29) is 18.0 Å². The lowest BCUT2D eigenvalue weighted by Gasteiger charge is -2.14. The molecule has 0 fully saturated rings. The standard InChI is InChI=1S/C22H27F3N4O3S/c1-27-33(30,31)14-12-29-21-8-5-17(16-3-6-18(7-4-16)22(23,24)25)15-19(21)20(26)9-10-28-11-13-32-2/h3-10,15,26-29H,11-14H2,1-2H3/b10-9-,26-20?. The fourth-order valence-corrected chi connectivity index (χ4v) is 3.43. The Hall–Kier alpha value is -2.89. The van der Waals surface area contributed by atoms with Gasteiger partial charge in [0.2, 0.25) is 10.0 Å². The maximum absolute atomic E-state index is 12.9. The summed E-state index contributed by atoms with van der Waals surface area (Å²) < 4.78 is 69.1. The van der Waals surface area contributed by atoms with Crippen LogP contribution in [-0.4, -0.2) is 53.7 Å². The van der Waals surface area contributed by atoms with E-state index in [0.717, 1.165) is 12.1 Å². The number of nitrogens with one attached hydrogen (secondary N) is 4. The molecule has 0 aliphatic rings. The smallest absolute Gasteiger partial charge is 0.389 e. The van der Waals surface area contributed by atoms with Crippen LogP contribution in [0.1, 0.15) is 11.1 Å². The Labute approximate surface area is 191 Å². The molecule has 180 valence electrons. The summed E-state index contributed by atoms with van der Waals surface area (Å²) in [6.07, 6.45) is -1.29. The van der Waals surface area contributed by atoms with Gasteiger partial charge in [-0.2, -0.15) is 13.2 Å². The number of alkyl halides is 3. The van der Waals surface area contributed by atoms with E-state index in [2.05, 4.69) is 15.4 Å². The Morgan fingerprint density at radius 1 is 1.09 bits per heavy atom. The molecule has 0 aromatic heterocycles. The van der Waals surface area contributed by atoms with Crippen LogP contribution in [0.25, 0.3) is 11.1 Å². The van der Waals surface area contributed by atoms with E-state index in [1.807, 2.05) is 0 Å². The average molecular weight is 485 g/mol. The minimum absolute atomic E-state index is 0.110. The van der Waals surface area contributed by atoms with Gasteiger partial charge in [0, 0.05) is 31.5 Å². The second kappa shape index (κ2) is 11.8. The summed E-state index contributed by atoms with van der Waals surface area (Å²) in [6, 6.07) is 9.83. The molecule has 11 heteroatoms. The van der Waals surface area contributed by atoms with Gasteiger partial charge in [0.05, 0.1) is 23.6 Å². The second-order valence-electron chi connectivity index (χ2n) is 6.98. The minimum Gasteiger partial charge on any atom is -0.389 e. The fraction of sp³-hybridized carbons (Fsp3) is 0.318. The van der Waals surface area contributed by atoms with Crippen molar-refractivity contribution in [3.63, 3.8) is 0 Å². The third-order valence-corrected chi connectivity index (χ3v) is 6.03. The normalized spacial score (nSPS) is 12.2. The summed E-state index contributed by atoms with van der Waals surface area (Å²) >= 11 is 0. The van der Waals surface area contributed by atoms with Gasteiger partial charge in [0.15, 0.2) is 0 Å². The van der Waals surface area contributed by atoms with Crippen LogP contribution in [0.5, 0.6) is 0 Å². The number of sulfonamides is 1. The van der Waals surface area contributed by atoms with Crippen LogP contribution in [0.15, 0.2) is 54.7 Å². The van der Waals surface area contributed by atoms with E-state index in [1.54, 1.807) is 31.5 Å². The van der Waals surface area contributed by atoms with Crippen LogP contribution < -0.4 is 15.4 Å². The molecule has 0 atom stereocenters. The number of methoxy groups -OCH3 is 1. The number of rotatable bonds is 12. The van der Waals surface area contributed by atoms with Crippen molar-refractivity contribution in [1.82, 2.24) is 10.0 Å². The Morgan fingerprint density at radius 2 is 1.76 bits per heavy atom. The molecule has 0 unspecified atom stereocenters. The Bertz CT molecular complexity index is 1070. The lowest BCUT2D eigenvalue weighted by Crippen LogP contribution is -2.26. The molecule has 7 nitrogen and oxygen atoms in total. The van der Waals surface area contributed by atoms with E-state index in [9.17, 15) is 21.6 Å². The zero-order chi connectivity index (χ0) is 24.5. The average Bonchev–Trinajstić information content (AvgIpc) is 2.78.